The predicted octanol–water partition coefficient (Wildman–Crippen LogP) is 8.02. The molecule has 4 nitrogen and oxygen atoms in total. The SMILES string of the molecule is CCOc1cc(/C=C2/SC(=S)N(c3ccc(F)c(Cl)c3)C2=O)ccc1OCc1ccc2ccccc2c1. The molecule has 1 amide bonds. The molecule has 4 aromatic carbocycles. The van der Waals surface area contributed by atoms with Crippen LogP contribution in [0.4, 0.5) is 10.1 Å². The number of benzene rings is 4. The van der Waals surface area contributed by atoms with Crippen LogP contribution in [-0.4, -0.2) is 16.8 Å². The fraction of sp³-hybridized carbons (Fsp3) is 0.103. The second-order valence-corrected chi connectivity index (χ2v) is 10.3. The van der Waals surface area contributed by atoms with E-state index in [1.807, 2.05) is 43.3 Å². The van der Waals surface area contributed by atoms with E-state index in [4.69, 9.17) is 33.3 Å². The predicted molar refractivity (Wildman–Crippen MR) is 153 cm³/mol. The molecule has 0 N–H and O–H groups in total. The Morgan fingerprint density at radius 3 is 2.57 bits per heavy atom. The van der Waals surface area contributed by atoms with Gasteiger partial charge in [0, 0.05) is 0 Å². The maximum Gasteiger partial charge on any atom is 0.270 e. The second kappa shape index (κ2) is 10.9. The first kappa shape index (κ1) is 25.3. The molecule has 0 aromatic heterocycles. The van der Waals surface area contributed by atoms with Gasteiger partial charge in [-0.2, -0.15) is 0 Å². The average Bonchev–Trinajstić information content (AvgIpc) is 3.17. The van der Waals surface area contributed by atoms with Crippen LogP contribution in [0.25, 0.3) is 16.8 Å². The molecule has 37 heavy (non-hydrogen) atoms. The molecule has 1 aliphatic heterocycles. The summed E-state index contributed by atoms with van der Waals surface area (Å²) in [6, 6.07) is 24.0. The largest absolute Gasteiger partial charge is 0.490 e. The van der Waals surface area contributed by atoms with E-state index in [1.54, 1.807) is 6.08 Å². The zero-order valence-electron chi connectivity index (χ0n) is 19.7. The van der Waals surface area contributed by atoms with Gasteiger partial charge in [0.2, 0.25) is 0 Å². The topological polar surface area (TPSA) is 38.8 Å². The normalized spacial score (nSPS) is 14.6. The van der Waals surface area contributed by atoms with Crippen LogP contribution in [-0.2, 0) is 11.4 Å². The van der Waals surface area contributed by atoms with E-state index in [-0.39, 0.29) is 10.9 Å². The van der Waals surface area contributed by atoms with E-state index in [0.29, 0.717) is 39.6 Å². The number of hydrogen-bond acceptors (Lipinski definition) is 5. The fourth-order valence-corrected chi connectivity index (χ4v) is 5.43. The summed E-state index contributed by atoms with van der Waals surface area (Å²) in [6.45, 7) is 2.76. The molecule has 0 bridgehead atoms. The van der Waals surface area contributed by atoms with E-state index in [0.717, 1.165) is 16.5 Å². The highest BCUT2D eigenvalue weighted by Crippen LogP contribution is 2.38. The summed E-state index contributed by atoms with van der Waals surface area (Å²) in [4.78, 5) is 14.9. The van der Waals surface area contributed by atoms with E-state index in [9.17, 15) is 9.18 Å². The van der Waals surface area contributed by atoms with Crippen LogP contribution in [0.2, 0.25) is 5.02 Å². The van der Waals surface area contributed by atoms with Crippen molar-refractivity contribution < 1.29 is 18.7 Å². The molecular weight excluding hydrogens is 529 g/mol. The van der Waals surface area contributed by atoms with Gasteiger partial charge in [-0.1, -0.05) is 78.0 Å². The lowest BCUT2D eigenvalue weighted by Gasteiger charge is -2.15. The minimum absolute atomic E-state index is 0.0730. The van der Waals surface area contributed by atoms with E-state index in [1.165, 1.54) is 40.2 Å². The third-order valence-corrected chi connectivity index (χ3v) is 7.32. The number of carbonyl (C=O) groups excluding carboxylic acids is 1. The highest BCUT2D eigenvalue weighted by molar-refractivity contribution is 8.27. The van der Waals surface area contributed by atoms with Crippen LogP contribution < -0.4 is 14.4 Å². The number of amides is 1. The fourth-order valence-electron chi connectivity index (χ4n) is 3.96. The summed E-state index contributed by atoms with van der Waals surface area (Å²) in [5.41, 5.74) is 2.23. The van der Waals surface area contributed by atoms with E-state index >= 15 is 0 Å². The smallest absolute Gasteiger partial charge is 0.270 e. The van der Waals surface area contributed by atoms with Crippen LogP contribution in [0.15, 0.2) is 83.8 Å². The van der Waals surface area contributed by atoms with Crippen LogP contribution in [0.5, 0.6) is 11.5 Å². The highest BCUT2D eigenvalue weighted by atomic mass is 35.5. The maximum atomic E-state index is 13.6. The molecule has 0 spiro atoms. The number of rotatable bonds is 7. The first-order valence-electron chi connectivity index (χ1n) is 11.5. The van der Waals surface area contributed by atoms with Crippen molar-refractivity contribution in [1.82, 2.24) is 0 Å². The van der Waals surface area contributed by atoms with E-state index in [2.05, 4.69) is 24.3 Å². The van der Waals surface area contributed by atoms with Crippen molar-refractivity contribution in [2.75, 3.05) is 11.5 Å². The van der Waals surface area contributed by atoms with Crippen molar-refractivity contribution in [1.29, 1.82) is 0 Å². The van der Waals surface area contributed by atoms with Crippen molar-refractivity contribution in [3.05, 3.63) is 106 Å². The first-order valence-corrected chi connectivity index (χ1v) is 13.1. The third-order valence-electron chi connectivity index (χ3n) is 5.73. The molecule has 8 heteroatoms. The Kier molecular flexibility index (Phi) is 7.46. The third kappa shape index (κ3) is 5.49. The van der Waals surface area contributed by atoms with Gasteiger partial charge < -0.3 is 9.47 Å². The van der Waals surface area contributed by atoms with Crippen molar-refractivity contribution in [2.24, 2.45) is 0 Å². The highest BCUT2D eigenvalue weighted by Gasteiger charge is 2.33. The molecule has 0 saturated carbocycles. The van der Waals surface area contributed by atoms with Crippen molar-refractivity contribution in [3.8, 4) is 11.5 Å². The zero-order chi connectivity index (χ0) is 25.9. The summed E-state index contributed by atoms with van der Waals surface area (Å²) in [6.07, 6.45) is 1.75. The minimum atomic E-state index is -0.558. The lowest BCUT2D eigenvalue weighted by atomic mass is 10.1. The molecule has 5 rings (SSSR count). The van der Waals surface area contributed by atoms with Gasteiger partial charge in [-0.15, -0.1) is 0 Å². The number of thiocarbonyl (C=S) groups is 1. The summed E-state index contributed by atoms with van der Waals surface area (Å²) >= 11 is 12.5. The Morgan fingerprint density at radius 2 is 1.78 bits per heavy atom. The number of fused-ring (bicyclic) bond motifs is 1. The van der Waals surface area contributed by atoms with Crippen molar-refractivity contribution >= 4 is 68.3 Å². The summed E-state index contributed by atoms with van der Waals surface area (Å²) < 4.78 is 25.9. The molecule has 0 aliphatic carbocycles. The monoisotopic (exact) mass is 549 g/mol. The van der Waals surface area contributed by atoms with Crippen molar-refractivity contribution in [3.63, 3.8) is 0 Å². The molecule has 1 fully saturated rings. The zero-order valence-corrected chi connectivity index (χ0v) is 22.1. The number of ether oxygens (including phenoxy) is 2. The van der Waals surface area contributed by atoms with Gasteiger partial charge in [-0.05, 0) is 71.3 Å². The first-order chi connectivity index (χ1) is 17.9. The van der Waals surface area contributed by atoms with Crippen LogP contribution in [0.1, 0.15) is 18.1 Å². The quantitative estimate of drug-likeness (QED) is 0.172. The Bertz CT molecular complexity index is 1560. The number of thioether (sulfide) groups is 1. The number of anilines is 1. The van der Waals surface area contributed by atoms with Gasteiger partial charge >= 0.3 is 0 Å². The summed E-state index contributed by atoms with van der Waals surface area (Å²) in [5.74, 6) is 0.337. The Labute approximate surface area is 228 Å². The van der Waals surface area contributed by atoms with Gasteiger partial charge in [0.05, 0.1) is 22.2 Å². The molecule has 186 valence electrons. The van der Waals surface area contributed by atoms with Crippen LogP contribution in [0.3, 0.4) is 0 Å². The summed E-state index contributed by atoms with van der Waals surface area (Å²) in [7, 11) is 0. The molecule has 0 radical (unpaired) electrons. The van der Waals surface area contributed by atoms with Gasteiger partial charge in [0.15, 0.2) is 15.8 Å². The molecule has 4 aromatic rings. The number of carbonyl (C=O) groups is 1. The van der Waals surface area contributed by atoms with Gasteiger partial charge in [-0.25, -0.2) is 4.39 Å². The molecule has 1 heterocycles. The Morgan fingerprint density at radius 1 is 0.973 bits per heavy atom. The Hall–Kier alpha value is -3.39. The molecule has 0 unspecified atom stereocenters. The average molecular weight is 550 g/mol. The number of nitrogens with zero attached hydrogens (tertiary/aromatic N) is 1. The molecule has 1 saturated heterocycles. The van der Waals surface area contributed by atoms with Crippen LogP contribution >= 0.6 is 35.6 Å². The minimum Gasteiger partial charge on any atom is -0.490 e. The van der Waals surface area contributed by atoms with Crippen molar-refractivity contribution in [2.45, 2.75) is 13.5 Å². The van der Waals surface area contributed by atoms with E-state index < -0.39 is 5.82 Å². The summed E-state index contributed by atoms with van der Waals surface area (Å²) in [5, 5.41) is 2.26. The number of halogens is 2. The molecule has 1 aliphatic rings. The lowest BCUT2D eigenvalue weighted by Crippen LogP contribution is -2.27. The lowest BCUT2D eigenvalue weighted by molar-refractivity contribution is -0.113. The van der Waals surface area contributed by atoms with Gasteiger partial charge in [0.1, 0.15) is 12.4 Å². The van der Waals surface area contributed by atoms with Gasteiger partial charge in [-0.3, -0.25) is 9.69 Å². The molecule has 0 atom stereocenters. The van der Waals surface area contributed by atoms with Crippen LogP contribution in [0, 0.1) is 5.82 Å². The standard InChI is InChI=1S/C29H21ClFNO3S2/c1-2-34-26-14-18(8-12-25(26)35-17-19-7-9-20-5-3-4-6-21(20)13-19)15-27-28(33)32(29(36)37-27)22-10-11-24(31)23(30)16-22/h3-16H,2,17H2,1H3/b27-15+. The second-order valence-electron chi connectivity index (χ2n) is 8.22. The number of hydrogen-bond donors (Lipinski definition) is 0. The molecular formula is C29H21ClFNO3S2. The Balaban J connectivity index is 1.36. The van der Waals surface area contributed by atoms with Gasteiger partial charge in [0.25, 0.3) is 5.91 Å². The maximum absolute atomic E-state index is 13.6.